The SMILES string of the molecule is CC1(C)C(=O)N(CC(F)(F)F)c2cc(Cl)ncc21. The summed E-state index contributed by atoms with van der Waals surface area (Å²) in [5.74, 6) is -0.598. The van der Waals surface area contributed by atoms with E-state index in [0.717, 1.165) is 0 Å². The van der Waals surface area contributed by atoms with Crippen LogP contribution in [0.25, 0.3) is 0 Å². The van der Waals surface area contributed by atoms with Crippen LogP contribution in [0.15, 0.2) is 12.3 Å². The predicted octanol–water partition coefficient (Wildman–Crippen LogP) is 2.92. The van der Waals surface area contributed by atoms with E-state index in [4.69, 9.17) is 11.6 Å². The number of carbonyl (C=O) groups is 1. The van der Waals surface area contributed by atoms with Crippen LogP contribution in [0, 0.1) is 0 Å². The van der Waals surface area contributed by atoms with Crippen molar-refractivity contribution in [2.45, 2.75) is 25.4 Å². The van der Waals surface area contributed by atoms with Crippen LogP contribution >= 0.6 is 11.6 Å². The van der Waals surface area contributed by atoms with Gasteiger partial charge in [-0.15, -0.1) is 0 Å². The zero-order valence-corrected chi connectivity index (χ0v) is 10.4. The summed E-state index contributed by atoms with van der Waals surface area (Å²) in [6.45, 7) is 1.82. The molecule has 1 aliphatic heterocycles. The second-order valence-electron chi connectivity index (χ2n) is 4.66. The van der Waals surface area contributed by atoms with E-state index in [9.17, 15) is 18.0 Å². The fraction of sp³-hybridized carbons (Fsp3) is 0.455. The molecule has 18 heavy (non-hydrogen) atoms. The Hall–Kier alpha value is -1.30. The number of carbonyl (C=O) groups excluding carboxylic acids is 1. The molecule has 7 heteroatoms. The zero-order valence-electron chi connectivity index (χ0n) is 9.68. The molecule has 0 fully saturated rings. The lowest BCUT2D eigenvalue weighted by Crippen LogP contribution is -2.41. The van der Waals surface area contributed by atoms with Gasteiger partial charge in [0.2, 0.25) is 5.91 Å². The number of halogens is 4. The van der Waals surface area contributed by atoms with Gasteiger partial charge in [0.05, 0.1) is 11.1 Å². The van der Waals surface area contributed by atoms with E-state index in [-0.39, 0.29) is 10.8 Å². The number of anilines is 1. The van der Waals surface area contributed by atoms with Gasteiger partial charge in [0.1, 0.15) is 11.7 Å². The summed E-state index contributed by atoms with van der Waals surface area (Å²) in [6.07, 6.45) is -3.10. The third-order valence-electron chi connectivity index (χ3n) is 2.93. The number of rotatable bonds is 1. The lowest BCUT2D eigenvalue weighted by molar-refractivity contribution is -0.134. The molecule has 0 saturated carbocycles. The van der Waals surface area contributed by atoms with Crippen LogP contribution in [0.2, 0.25) is 5.15 Å². The molecule has 98 valence electrons. The first-order chi connectivity index (χ1) is 8.13. The highest BCUT2D eigenvalue weighted by atomic mass is 35.5. The first kappa shape index (κ1) is 13.1. The molecular formula is C11H10ClF3N2O. The van der Waals surface area contributed by atoms with Crippen molar-refractivity contribution < 1.29 is 18.0 Å². The third-order valence-corrected chi connectivity index (χ3v) is 3.14. The molecule has 3 nitrogen and oxygen atoms in total. The quantitative estimate of drug-likeness (QED) is 0.740. The Morgan fingerprint density at radius 3 is 2.61 bits per heavy atom. The molecule has 0 aliphatic carbocycles. The first-order valence-electron chi connectivity index (χ1n) is 5.17. The second-order valence-corrected chi connectivity index (χ2v) is 5.04. The van der Waals surface area contributed by atoms with Gasteiger partial charge in [0, 0.05) is 11.8 Å². The number of pyridine rings is 1. The molecule has 0 saturated heterocycles. The van der Waals surface area contributed by atoms with Crippen molar-refractivity contribution in [1.82, 2.24) is 4.98 Å². The normalized spacial score (nSPS) is 18.1. The number of aromatic nitrogens is 1. The second kappa shape index (κ2) is 3.85. The van der Waals surface area contributed by atoms with Gasteiger partial charge in [-0.05, 0) is 19.9 Å². The van der Waals surface area contributed by atoms with Crippen LogP contribution < -0.4 is 4.90 Å². The summed E-state index contributed by atoms with van der Waals surface area (Å²) in [5, 5.41) is 0.0615. The molecule has 2 rings (SSSR count). The number of hydrogen-bond acceptors (Lipinski definition) is 2. The molecule has 0 atom stereocenters. The minimum absolute atomic E-state index is 0.0615. The van der Waals surface area contributed by atoms with Crippen molar-refractivity contribution in [3.8, 4) is 0 Å². The van der Waals surface area contributed by atoms with Crippen LogP contribution in [0.4, 0.5) is 18.9 Å². The smallest absolute Gasteiger partial charge is 0.302 e. The molecule has 0 bridgehead atoms. The minimum atomic E-state index is -4.46. The number of alkyl halides is 3. The van der Waals surface area contributed by atoms with Gasteiger partial charge in [0.15, 0.2) is 0 Å². The van der Waals surface area contributed by atoms with Crippen molar-refractivity contribution in [3.05, 3.63) is 23.0 Å². The van der Waals surface area contributed by atoms with Crippen molar-refractivity contribution in [2.24, 2.45) is 0 Å². The highest BCUT2D eigenvalue weighted by molar-refractivity contribution is 6.30. The van der Waals surface area contributed by atoms with E-state index in [1.165, 1.54) is 12.3 Å². The highest BCUT2D eigenvalue weighted by Crippen LogP contribution is 2.42. The minimum Gasteiger partial charge on any atom is -0.302 e. The first-order valence-corrected chi connectivity index (χ1v) is 5.55. The number of amides is 1. The number of nitrogens with zero attached hydrogens (tertiary/aromatic N) is 2. The van der Waals surface area contributed by atoms with Gasteiger partial charge in [-0.1, -0.05) is 11.6 Å². The summed E-state index contributed by atoms with van der Waals surface area (Å²) < 4.78 is 37.5. The average Bonchev–Trinajstić information content (AvgIpc) is 2.38. The van der Waals surface area contributed by atoms with Crippen LogP contribution in [-0.4, -0.2) is 23.6 Å². The van der Waals surface area contributed by atoms with Gasteiger partial charge in [-0.25, -0.2) is 4.98 Å². The largest absolute Gasteiger partial charge is 0.406 e. The molecule has 2 heterocycles. The molecule has 1 aliphatic rings. The monoisotopic (exact) mass is 278 g/mol. The van der Waals surface area contributed by atoms with Crippen molar-refractivity contribution in [2.75, 3.05) is 11.4 Å². The van der Waals surface area contributed by atoms with Crippen LogP contribution in [0.3, 0.4) is 0 Å². The van der Waals surface area contributed by atoms with E-state index in [1.807, 2.05) is 0 Å². The van der Waals surface area contributed by atoms with Gasteiger partial charge >= 0.3 is 6.18 Å². The third kappa shape index (κ3) is 2.05. The maximum Gasteiger partial charge on any atom is 0.406 e. The Morgan fingerprint density at radius 2 is 2.06 bits per heavy atom. The zero-order chi connectivity index (χ0) is 13.7. The van der Waals surface area contributed by atoms with E-state index >= 15 is 0 Å². The van der Waals surface area contributed by atoms with Gasteiger partial charge < -0.3 is 4.90 Å². The fourth-order valence-corrected chi connectivity index (χ4v) is 2.18. The highest BCUT2D eigenvalue weighted by Gasteiger charge is 2.47. The van der Waals surface area contributed by atoms with E-state index in [1.54, 1.807) is 13.8 Å². The molecule has 1 amide bonds. The summed E-state index contributed by atoms with van der Waals surface area (Å²) in [7, 11) is 0. The lowest BCUT2D eigenvalue weighted by atomic mass is 9.87. The fourth-order valence-electron chi connectivity index (χ4n) is 2.02. The molecular weight excluding hydrogens is 269 g/mol. The maximum atomic E-state index is 12.5. The average molecular weight is 279 g/mol. The van der Waals surface area contributed by atoms with Gasteiger partial charge in [-0.2, -0.15) is 13.2 Å². The topological polar surface area (TPSA) is 33.2 Å². The standard InChI is InChI=1S/C11H10ClF3N2O/c1-10(2)6-4-16-8(12)3-7(6)17(9(10)18)5-11(13,14)15/h3-4H,5H2,1-2H3. The summed E-state index contributed by atoms with van der Waals surface area (Å²) in [4.78, 5) is 16.6. The predicted molar refractivity (Wildman–Crippen MR) is 60.7 cm³/mol. The van der Waals surface area contributed by atoms with E-state index in [0.29, 0.717) is 10.5 Å². The molecule has 0 radical (unpaired) electrons. The number of fused-ring (bicyclic) bond motifs is 1. The summed E-state index contributed by atoms with van der Waals surface area (Å²) in [5.41, 5.74) is -0.374. The Morgan fingerprint density at radius 1 is 1.44 bits per heavy atom. The van der Waals surface area contributed by atoms with Crippen molar-refractivity contribution in [3.63, 3.8) is 0 Å². The maximum absolute atomic E-state index is 12.5. The molecule has 0 aromatic carbocycles. The number of hydrogen-bond donors (Lipinski definition) is 0. The lowest BCUT2D eigenvalue weighted by Gasteiger charge is -2.21. The Labute approximate surface area is 107 Å². The van der Waals surface area contributed by atoms with E-state index < -0.39 is 24.0 Å². The van der Waals surface area contributed by atoms with Crippen LogP contribution in [0.5, 0.6) is 0 Å². The Balaban J connectivity index is 2.52. The van der Waals surface area contributed by atoms with Gasteiger partial charge in [-0.3, -0.25) is 4.79 Å². The Bertz CT molecular complexity index is 514. The molecule has 1 aromatic rings. The summed E-state index contributed by atoms with van der Waals surface area (Å²) >= 11 is 5.67. The molecule has 0 unspecified atom stereocenters. The molecule has 1 aromatic heterocycles. The van der Waals surface area contributed by atoms with Crippen molar-refractivity contribution >= 4 is 23.2 Å². The van der Waals surface area contributed by atoms with E-state index in [2.05, 4.69) is 4.98 Å². The van der Waals surface area contributed by atoms with Gasteiger partial charge in [0.25, 0.3) is 0 Å². The summed E-state index contributed by atoms with van der Waals surface area (Å²) in [6, 6.07) is 1.29. The molecule has 0 spiro atoms. The Kier molecular flexibility index (Phi) is 2.81. The van der Waals surface area contributed by atoms with Crippen molar-refractivity contribution in [1.29, 1.82) is 0 Å². The molecule has 0 N–H and O–H groups in total. The van der Waals surface area contributed by atoms with Crippen LogP contribution in [-0.2, 0) is 10.2 Å². The van der Waals surface area contributed by atoms with Crippen LogP contribution in [0.1, 0.15) is 19.4 Å².